The molecule has 3 rings (SSSR count). The largest absolute Gasteiger partial charge is 0.489 e. The molecule has 6 heteroatoms. The molecule has 0 saturated heterocycles. The molecule has 1 aromatic heterocycles. The van der Waals surface area contributed by atoms with Crippen molar-refractivity contribution in [3.8, 4) is 5.75 Å². The van der Waals surface area contributed by atoms with Gasteiger partial charge in [0.25, 0.3) is 11.5 Å². The lowest BCUT2D eigenvalue weighted by atomic mass is 10.2. The Morgan fingerprint density at radius 1 is 1.04 bits per heavy atom. The third-order valence-electron chi connectivity index (χ3n) is 3.90. The van der Waals surface area contributed by atoms with Crippen LogP contribution in [0.4, 0.5) is 5.69 Å². The summed E-state index contributed by atoms with van der Waals surface area (Å²) in [5.74, 6) is 0.351. The predicted octanol–water partition coefficient (Wildman–Crippen LogP) is 3.48. The SMILES string of the molecule is CCCn1nc(C(=O)Nc2ccc(OCc3ccccc3)cc2)ccc1=O. The van der Waals surface area contributed by atoms with Crippen LogP contribution in [0.3, 0.4) is 0 Å². The Labute approximate surface area is 157 Å². The number of benzene rings is 2. The fourth-order valence-corrected chi connectivity index (χ4v) is 2.51. The van der Waals surface area contributed by atoms with Gasteiger partial charge in [0.05, 0.1) is 0 Å². The second-order valence-corrected chi connectivity index (χ2v) is 6.03. The zero-order chi connectivity index (χ0) is 19.1. The van der Waals surface area contributed by atoms with Gasteiger partial charge >= 0.3 is 0 Å². The Morgan fingerprint density at radius 3 is 2.48 bits per heavy atom. The normalized spacial score (nSPS) is 10.4. The summed E-state index contributed by atoms with van der Waals surface area (Å²) in [5, 5.41) is 6.88. The van der Waals surface area contributed by atoms with Gasteiger partial charge in [0, 0.05) is 18.3 Å². The maximum absolute atomic E-state index is 12.4. The molecule has 0 atom stereocenters. The van der Waals surface area contributed by atoms with Crippen molar-refractivity contribution in [2.24, 2.45) is 0 Å². The van der Waals surface area contributed by atoms with Gasteiger partial charge in [0.1, 0.15) is 18.1 Å². The zero-order valence-electron chi connectivity index (χ0n) is 15.1. The Balaban J connectivity index is 1.61. The van der Waals surface area contributed by atoms with Crippen LogP contribution in [0.5, 0.6) is 5.75 Å². The summed E-state index contributed by atoms with van der Waals surface area (Å²) < 4.78 is 7.03. The van der Waals surface area contributed by atoms with Gasteiger partial charge < -0.3 is 10.1 Å². The second kappa shape index (κ2) is 8.80. The van der Waals surface area contributed by atoms with E-state index in [0.717, 1.165) is 12.0 Å². The van der Waals surface area contributed by atoms with Crippen LogP contribution in [0, 0.1) is 0 Å². The summed E-state index contributed by atoms with van der Waals surface area (Å²) in [6.45, 7) is 2.91. The number of amides is 1. The number of carbonyl (C=O) groups is 1. The molecule has 3 aromatic rings. The number of hydrogen-bond donors (Lipinski definition) is 1. The molecule has 0 unspecified atom stereocenters. The topological polar surface area (TPSA) is 73.2 Å². The highest BCUT2D eigenvalue weighted by Gasteiger charge is 2.10. The third-order valence-corrected chi connectivity index (χ3v) is 3.90. The molecule has 0 aliphatic rings. The molecule has 1 N–H and O–H groups in total. The molecular formula is C21H21N3O3. The van der Waals surface area contributed by atoms with Crippen molar-refractivity contribution in [3.05, 3.63) is 88.3 Å². The average Bonchev–Trinajstić information content (AvgIpc) is 2.70. The van der Waals surface area contributed by atoms with E-state index in [4.69, 9.17) is 4.74 Å². The van der Waals surface area contributed by atoms with Crippen LogP contribution in [-0.4, -0.2) is 15.7 Å². The number of hydrogen-bond acceptors (Lipinski definition) is 4. The number of carbonyl (C=O) groups excluding carboxylic acids is 1. The van der Waals surface area contributed by atoms with Crippen molar-refractivity contribution in [2.75, 3.05) is 5.32 Å². The quantitative estimate of drug-likeness (QED) is 0.697. The second-order valence-electron chi connectivity index (χ2n) is 6.03. The fourth-order valence-electron chi connectivity index (χ4n) is 2.51. The van der Waals surface area contributed by atoms with Crippen molar-refractivity contribution < 1.29 is 9.53 Å². The first kappa shape index (κ1) is 18.4. The lowest BCUT2D eigenvalue weighted by Gasteiger charge is -2.09. The Morgan fingerprint density at radius 2 is 1.78 bits per heavy atom. The van der Waals surface area contributed by atoms with Gasteiger partial charge in [-0.05, 0) is 42.3 Å². The Hall–Kier alpha value is -3.41. The average molecular weight is 363 g/mol. The van der Waals surface area contributed by atoms with E-state index >= 15 is 0 Å². The van der Waals surface area contributed by atoms with Crippen LogP contribution in [0.1, 0.15) is 29.4 Å². The Bertz CT molecular complexity index is 950. The van der Waals surface area contributed by atoms with Crippen molar-refractivity contribution >= 4 is 11.6 Å². The molecule has 1 amide bonds. The minimum Gasteiger partial charge on any atom is -0.489 e. The summed E-state index contributed by atoms with van der Waals surface area (Å²) in [6, 6.07) is 19.8. The smallest absolute Gasteiger partial charge is 0.276 e. The number of nitrogens with one attached hydrogen (secondary N) is 1. The lowest BCUT2D eigenvalue weighted by molar-refractivity contribution is 0.101. The number of rotatable bonds is 7. The van der Waals surface area contributed by atoms with E-state index in [1.165, 1.54) is 16.8 Å². The standard InChI is InChI=1S/C21H21N3O3/c1-2-14-24-20(25)13-12-19(23-24)21(26)22-17-8-10-18(11-9-17)27-15-16-6-4-3-5-7-16/h3-13H,2,14-15H2,1H3,(H,22,26). The van der Waals surface area contributed by atoms with Gasteiger partial charge in [-0.3, -0.25) is 9.59 Å². The molecule has 6 nitrogen and oxygen atoms in total. The number of nitrogens with zero attached hydrogens (tertiary/aromatic N) is 2. The van der Waals surface area contributed by atoms with E-state index in [1.807, 2.05) is 37.3 Å². The molecule has 0 radical (unpaired) electrons. The summed E-state index contributed by atoms with van der Waals surface area (Å²) in [6.07, 6.45) is 0.766. The zero-order valence-corrected chi connectivity index (χ0v) is 15.1. The van der Waals surface area contributed by atoms with Gasteiger partial charge in [-0.2, -0.15) is 5.10 Å². The van der Waals surface area contributed by atoms with Crippen LogP contribution < -0.4 is 15.6 Å². The van der Waals surface area contributed by atoms with E-state index in [1.54, 1.807) is 24.3 Å². The lowest BCUT2D eigenvalue weighted by Crippen LogP contribution is -2.26. The van der Waals surface area contributed by atoms with Gasteiger partial charge in [0.15, 0.2) is 0 Å². The van der Waals surface area contributed by atoms with E-state index < -0.39 is 0 Å². The molecule has 27 heavy (non-hydrogen) atoms. The molecular weight excluding hydrogens is 342 g/mol. The first-order valence-corrected chi connectivity index (χ1v) is 8.82. The number of ether oxygens (including phenoxy) is 1. The van der Waals surface area contributed by atoms with E-state index in [9.17, 15) is 9.59 Å². The van der Waals surface area contributed by atoms with Crippen LogP contribution in [0.2, 0.25) is 0 Å². The highest BCUT2D eigenvalue weighted by molar-refractivity contribution is 6.02. The minimum atomic E-state index is -0.363. The maximum atomic E-state index is 12.4. The van der Waals surface area contributed by atoms with Gasteiger partial charge in [-0.15, -0.1) is 0 Å². The summed E-state index contributed by atoms with van der Waals surface area (Å²) >= 11 is 0. The minimum absolute atomic E-state index is 0.201. The Kier molecular flexibility index (Phi) is 5.99. The first-order chi connectivity index (χ1) is 13.2. The van der Waals surface area contributed by atoms with E-state index in [2.05, 4.69) is 10.4 Å². The summed E-state index contributed by atoms with van der Waals surface area (Å²) in [5.41, 5.74) is 1.70. The molecule has 1 heterocycles. The monoisotopic (exact) mass is 363 g/mol. The number of aryl methyl sites for hydroxylation is 1. The predicted molar refractivity (Wildman–Crippen MR) is 104 cm³/mol. The van der Waals surface area contributed by atoms with Crippen LogP contribution in [0.25, 0.3) is 0 Å². The summed E-state index contributed by atoms with van der Waals surface area (Å²) in [4.78, 5) is 24.1. The van der Waals surface area contributed by atoms with Crippen molar-refractivity contribution in [2.45, 2.75) is 26.5 Å². The highest BCUT2D eigenvalue weighted by Crippen LogP contribution is 2.17. The summed E-state index contributed by atoms with van der Waals surface area (Å²) in [7, 11) is 0. The molecule has 0 spiro atoms. The molecule has 0 aliphatic heterocycles. The third kappa shape index (κ3) is 5.04. The number of aromatic nitrogens is 2. The van der Waals surface area contributed by atoms with E-state index in [-0.39, 0.29) is 17.2 Å². The molecule has 0 saturated carbocycles. The van der Waals surface area contributed by atoms with Crippen molar-refractivity contribution in [1.29, 1.82) is 0 Å². The van der Waals surface area contributed by atoms with Crippen molar-refractivity contribution in [1.82, 2.24) is 9.78 Å². The van der Waals surface area contributed by atoms with Crippen LogP contribution in [-0.2, 0) is 13.2 Å². The molecule has 0 fully saturated rings. The molecule has 0 bridgehead atoms. The van der Waals surface area contributed by atoms with Gasteiger partial charge in [0.2, 0.25) is 0 Å². The van der Waals surface area contributed by atoms with Crippen LogP contribution >= 0.6 is 0 Å². The fraction of sp³-hybridized carbons (Fsp3) is 0.190. The maximum Gasteiger partial charge on any atom is 0.276 e. The molecule has 2 aromatic carbocycles. The van der Waals surface area contributed by atoms with Gasteiger partial charge in [-0.25, -0.2) is 4.68 Å². The molecule has 0 aliphatic carbocycles. The van der Waals surface area contributed by atoms with Crippen LogP contribution in [0.15, 0.2) is 71.5 Å². The highest BCUT2D eigenvalue weighted by atomic mass is 16.5. The van der Waals surface area contributed by atoms with E-state index in [0.29, 0.717) is 24.6 Å². The molecule has 138 valence electrons. The van der Waals surface area contributed by atoms with Gasteiger partial charge in [-0.1, -0.05) is 37.3 Å². The van der Waals surface area contributed by atoms with Crippen molar-refractivity contribution in [3.63, 3.8) is 0 Å². The first-order valence-electron chi connectivity index (χ1n) is 8.82. The number of anilines is 1.